The molecule has 0 saturated carbocycles. The topological polar surface area (TPSA) is 52.0 Å². The van der Waals surface area contributed by atoms with Crippen LogP contribution >= 0.6 is 0 Å². The molecule has 0 saturated heterocycles. The smallest absolute Gasteiger partial charge is 0.222 e. The summed E-state index contributed by atoms with van der Waals surface area (Å²) in [7, 11) is 0. The van der Waals surface area contributed by atoms with Gasteiger partial charge in [0.15, 0.2) is 0 Å². The van der Waals surface area contributed by atoms with Crippen LogP contribution in [0.2, 0.25) is 0 Å². The molecule has 0 aliphatic heterocycles. The van der Waals surface area contributed by atoms with Crippen LogP contribution in [0.4, 0.5) is 5.88 Å². The van der Waals surface area contributed by atoms with Crippen molar-refractivity contribution in [1.82, 2.24) is 5.16 Å². The number of anilines is 1. The molecule has 0 amide bonds. The molecule has 3 aromatic rings. The van der Waals surface area contributed by atoms with Gasteiger partial charge in [-0.05, 0) is 16.7 Å². The number of rotatable bonds is 3. The van der Waals surface area contributed by atoms with E-state index in [4.69, 9.17) is 10.3 Å². The van der Waals surface area contributed by atoms with Gasteiger partial charge in [0.25, 0.3) is 0 Å². The van der Waals surface area contributed by atoms with Crippen LogP contribution in [0.1, 0.15) is 37.9 Å². The van der Waals surface area contributed by atoms with Crippen molar-refractivity contribution in [1.29, 1.82) is 0 Å². The van der Waals surface area contributed by atoms with Gasteiger partial charge in [-0.15, -0.1) is 0 Å². The fraction of sp³-hybridized carbons (Fsp3) is 0.211. The SMILES string of the molecule is CC.CC(c1ccc(-c2ccccc2)cc1)c1cc(N)on1. The highest BCUT2D eigenvalue weighted by atomic mass is 16.5. The third-order valence-electron chi connectivity index (χ3n) is 3.51. The van der Waals surface area contributed by atoms with Crippen molar-refractivity contribution in [3.05, 3.63) is 71.9 Å². The van der Waals surface area contributed by atoms with Gasteiger partial charge >= 0.3 is 0 Å². The highest BCUT2D eigenvalue weighted by Crippen LogP contribution is 2.27. The third kappa shape index (κ3) is 3.55. The Labute approximate surface area is 131 Å². The lowest BCUT2D eigenvalue weighted by atomic mass is 9.95. The molecule has 22 heavy (non-hydrogen) atoms. The van der Waals surface area contributed by atoms with Crippen molar-refractivity contribution in [3.8, 4) is 11.1 Å². The summed E-state index contributed by atoms with van der Waals surface area (Å²) in [6, 6.07) is 20.6. The summed E-state index contributed by atoms with van der Waals surface area (Å²) in [5, 5.41) is 3.97. The summed E-state index contributed by atoms with van der Waals surface area (Å²) >= 11 is 0. The second-order valence-electron chi connectivity index (χ2n) is 4.86. The highest BCUT2D eigenvalue weighted by molar-refractivity contribution is 5.63. The third-order valence-corrected chi connectivity index (χ3v) is 3.51. The van der Waals surface area contributed by atoms with Crippen LogP contribution in [0.3, 0.4) is 0 Å². The normalized spacial score (nSPS) is 11.4. The molecule has 0 spiro atoms. The van der Waals surface area contributed by atoms with Gasteiger partial charge in [-0.25, -0.2) is 0 Å². The number of hydrogen-bond donors (Lipinski definition) is 1. The van der Waals surface area contributed by atoms with Gasteiger partial charge in [0, 0.05) is 12.0 Å². The fourth-order valence-corrected chi connectivity index (χ4v) is 2.27. The van der Waals surface area contributed by atoms with E-state index in [9.17, 15) is 0 Å². The molecule has 2 aromatic carbocycles. The summed E-state index contributed by atoms with van der Waals surface area (Å²) < 4.78 is 4.93. The van der Waals surface area contributed by atoms with Gasteiger partial charge in [-0.3, -0.25) is 0 Å². The Morgan fingerprint density at radius 2 is 1.50 bits per heavy atom. The molecule has 1 heterocycles. The summed E-state index contributed by atoms with van der Waals surface area (Å²) in [5.74, 6) is 0.522. The fourth-order valence-electron chi connectivity index (χ4n) is 2.27. The van der Waals surface area contributed by atoms with Crippen molar-refractivity contribution in [2.24, 2.45) is 0 Å². The molecular formula is C19H22N2O. The van der Waals surface area contributed by atoms with Crippen LogP contribution in [0.15, 0.2) is 65.2 Å². The maximum atomic E-state index is 5.57. The van der Waals surface area contributed by atoms with Crippen LogP contribution in [0, 0.1) is 0 Å². The number of aromatic nitrogens is 1. The van der Waals surface area contributed by atoms with Crippen LogP contribution < -0.4 is 5.73 Å². The maximum Gasteiger partial charge on any atom is 0.222 e. The maximum absolute atomic E-state index is 5.57. The van der Waals surface area contributed by atoms with Crippen LogP contribution in [-0.4, -0.2) is 5.16 Å². The first-order valence-electron chi connectivity index (χ1n) is 7.61. The van der Waals surface area contributed by atoms with Gasteiger partial charge < -0.3 is 10.3 Å². The van der Waals surface area contributed by atoms with Gasteiger partial charge in [-0.1, -0.05) is 80.5 Å². The zero-order chi connectivity index (χ0) is 15.9. The lowest BCUT2D eigenvalue weighted by Gasteiger charge is -2.09. The average Bonchev–Trinajstić information content (AvgIpc) is 3.03. The van der Waals surface area contributed by atoms with E-state index in [0.29, 0.717) is 5.88 Å². The number of nitrogens with two attached hydrogens (primary N) is 1. The second-order valence-corrected chi connectivity index (χ2v) is 4.86. The minimum absolute atomic E-state index is 0.167. The number of nitrogens with zero attached hydrogens (tertiary/aromatic N) is 1. The summed E-state index contributed by atoms with van der Waals surface area (Å²) in [4.78, 5) is 0. The van der Waals surface area contributed by atoms with E-state index in [0.717, 1.165) is 5.69 Å². The summed E-state index contributed by atoms with van der Waals surface area (Å²) in [6.45, 7) is 6.09. The number of hydrogen-bond acceptors (Lipinski definition) is 3. The summed E-state index contributed by atoms with van der Waals surface area (Å²) in [5.41, 5.74) is 10.0. The van der Waals surface area contributed by atoms with E-state index in [1.807, 2.05) is 32.0 Å². The first-order chi connectivity index (χ1) is 10.7. The Morgan fingerprint density at radius 1 is 0.909 bits per heavy atom. The largest absolute Gasteiger partial charge is 0.368 e. The van der Waals surface area contributed by atoms with Gasteiger partial charge in [0.05, 0.1) is 5.69 Å². The molecule has 3 rings (SSSR count). The minimum Gasteiger partial charge on any atom is -0.368 e. The van der Waals surface area contributed by atoms with Crippen molar-refractivity contribution >= 4 is 5.88 Å². The lowest BCUT2D eigenvalue weighted by Crippen LogP contribution is -1.96. The van der Waals surface area contributed by atoms with E-state index < -0.39 is 0 Å². The van der Waals surface area contributed by atoms with E-state index in [2.05, 4.69) is 48.5 Å². The zero-order valence-electron chi connectivity index (χ0n) is 13.3. The molecule has 0 fully saturated rings. The van der Waals surface area contributed by atoms with E-state index in [1.54, 1.807) is 6.07 Å². The zero-order valence-corrected chi connectivity index (χ0v) is 13.3. The predicted molar refractivity (Wildman–Crippen MR) is 91.7 cm³/mol. The number of nitrogen functional groups attached to an aromatic ring is 1. The molecular weight excluding hydrogens is 272 g/mol. The van der Waals surface area contributed by atoms with E-state index in [-0.39, 0.29) is 5.92 Å². The molecule has 3 heteroatoms. The lowest BCUT2D eigenvalue weighted by molar-refractivity contribution is 0.425. The molecule has 0 aliphatic rings. The minimum atomic E-state index is 0.167. The molecule has 0 radical (unpaired) electrons. The Balaban J connectivity index is 0.000000847. The molecule has 0 bridgehead atoms. The molecule has 1 unspecified atom stereocenters. The standard InChI is InChI=1S/C17H16N2O.C2H6/c1-12(16-11-17(18)20-19-16)13-7-9-15(10-8-13)14-5-3-2-4-6-14;1-2/h2-12H,18H2,1H3;1-2H3. The monoisotopic (exact) mass is 294 g/mol. The molecule has 2 N–H and O–H groups in total. The molecule has 114 valence electrons. The average molecular weight is 294 g/mol. The first kappa shape index (κ1) is 15.8. The second kappa shape index (κ2) is 7.46. The van der Waals surface area contributed by atoms with E-state index >= 15 is 0 Å². The van der Waals surface area contributed by atoms with Gasteiger partial charge in [0.2, 0.25) is 5.88 Å². The number of benzene rings is 2. The highest BCUT2D eigenvalue weighted by Gasteiger charge is 2.13. The van der Waals surface area contributed by atoms with Crippen LogP contribution in [0.5, 0.6) is 0 Å². The van der Waals surface area contributed by atoms with Crippen LogP contribution in [0.25, 0.3) is 11.1 Å². The Hall–Kier alpha value is -2.55. The Morgan fingerprint density at radius 3 is 2.05 bits per heavy atom. The Kier molecular flexibility index (Phi) is 5.37. The summed E-state index contributed by atoms with van der Waals surface area (Å²) in [6.07, 6.45) is 0. The van der Waals surface area contributed by atoms with Crippen molar-refractivity contribution < 1.29 is 4.52 Å². The Bertz CT molecular complexity index is 687. The molecule has 3 nitrogen and oxygen atoms in total. The first-order valence-corrected chi connectivity index (χ1v) is 7.61. The van der Waals surface area contributed by atoms with Crippen molar-refractivity contribution in [2.45, 2.75) is 26.7 Å². The molecule has 1 atom stereocenters. The van der Waals surface area contributed by atoms with E-state index in [1.165, 1.54) is 16.7 Å². The quantitative estimate of drug-likeness (QED) is 0.731. The van der Waals surface area contributed by atoms with Gasteiger partial charge in [0.1, 0.15) is 0 Å². The molecule has 0 aliphatic carbocycles. The van der Waals surface area contributed by atoms with Gasteiger partial charge in [-0.2, -0.15) is 0 Å². The predicted octanol–water partition coefficient (Wildman–Crippen LogP) is 5.10. The van der Waals surface area contributed by atoms with Crippen LogP contribution in [-0.2, 0) is 0 Å². The van der Waals surface area contributed by atoms with Crippen molar-refractivity contribution in [2.75, 3.05) is 5.73 Å². The molecule has 1 aromatic heterocycles. The van der Waals surface area contributed by atoms with Crippen molar-refractivity contribution in [3.63, 3.8) is 0 Å².